The Labute approximate surface area is 660 Å². The molecule has 6 aromatic carbocycles. The quantitative estimate of drug-likeness (QED) is 0.0532. The molecule has 6 fully saturated rings. The summed E-state index contributed by atoms with van der Waals surface area (Å²) >= 11 is 23.0. The molecule has 0 unspecified atom stereocenters. The number of anilines is 6. The molecule has 6 saturated heterocycles. The van der Waals surface area contributed by atoms with Crippen molar-refractivity contribution in [1.82, 2.24) is 14.7 Å². The van der Waals surface area contributed by atoms with Crippen LogP contribution in [0.1, 0.15) is 104 Å². The van der Waals surface area contributed by atoms with Gasteiger partial charge in [0.05, 0.1) is 32.6 Å². The Bertz CT molecular complexity index is 3980. The lowest BCUT2D eigenvalue weighted by atomic mass is 10.1. The lowest BCUT2D eigenvalue weighted by Crippen LogP contribution is -3.00. The summed E-state index contributed by atoms with van der Waals surface area (Å²) < 4.78 is 20.7. The second-order valence-corrected chi connectivity index (χ2v) is 29.6. The van der Waals surface area contributed by atoms with Gasteiger partial charge in [-0.25, -0.2) is 14.4 Å². The number of hydrogen-bond donors (Lipinski definition) is 7. The van der Waals surface area contributed by atoms with Crippen LogP contribution in [-0.4, -0.2) is 186 Å². The van der Waals surface area contributed by atoms with Gasteiger partial charge >= 0.3 is 24.1 Å². The van der Waals surface area contributed by atoms with Gasteiger partial charge in [0, 0.05) is 99.8 Å². The van der Waals surface area contributed by atoms with E-state index in [0.717, 1.165) is 77.5 Å². The summed E-state index contributed by atoms with van der Waals surface area (Å²) in [7, 11) is 0. The summed E-state index contributed by atoms with van der Waals surface area (Å²) in [4.78, 5) is 126. The van der Waals surface area contributed by atoms with Crippen molar-refractivity contribution >= 4 is 140 Å². The Hall–Kier alpha value is -9.25. The molecule has 26 nitrogen and oxygen atoms in total. The molecule has 0 bridgehead atoms. The number of carbonyl (C=O) groups excluding carboxylic acids is 8. The highest BCUT2D eigenvalue weighted by Gasteiger charge is 2.39. The highest BCUT2D eigenvalue weighted by Crippen LogP contribution is 2.27. The molecule has 0 saturated carbocycles. The van der Waals surface area contributed by atoms with Gasteiger partial charge in [-0.1, -0.05) is 70.7 Å². The van der Waals surface area contributed by atoms with Crippen LogP contribution in [0.4, 0.5) is 43.7 Å². The third-order valence-corrected chi connectivity index (χ3v) is 18.1. The number of nitrogens with zero attached hydrogens (tertiary/aromatic N) is 5. The van der Waals surface area contributed by atoms with Gasteiger partial charge in [0.25, 0.3) is 17.7 Å². The van der Waals surface area contributed by atoms with Gasteiger partial charge in [0.15, 0.2) is 6.04 Å². The van der Waals surface area contributed by atoms with Crippen LogP contribution in [0.3, 0.4) is 0 Å². The first-order valence-corrected chi connectivity index (χ1v) is 37.0. The van der Waals surface area contributed by atoms with Gasteiger partial charge < -0.3 is 83.3 Å². The van der Waals surface area contributed by atoms with Crippen molar-refractivity contribution in [1.29, 1.82) is 0 Å². The minimum Gasteiger partial charge on any atom is -1.00 e. The number of aliphatic carboxylic acids is 2. The minimum absolute atomic E-state index is 0. The first-order chi connectivity index (χ1) is 51.3. The average Bonchev–Trinajstić information content (AvgIpc) is 0.931. The largest absolute Gasteiger partial charge is 1.00 e. The maximum absolute atomic E-state index is 12.9. The second kappa shape index (κ2) is 43.2. The number of carboxylic acid groups (broad SMARTS) is 2. The first kappa shape index (κ1) is 88.7. The Balaban J connectivity index is 0.000000213. The van der Waals surface area contributed by atoms with Crippen molar-refractivity contribution in [3.63, 3.8) is 0 Å². The molecular weight excluding hydrogens is 1510 g/mol. The fraction of sp³-hybridized carbons (Fsp3) is 0.410. The molecule has 8 amide bonds. The van der Waals surface area contributed by atoms with E-state index >= 15 is 0 Å². The third-order valence-electron chi connectivity index (χ3n) is 17.1. The summed E-state index contributed by atoms with van der Waals surface area (Å²) in [5.74, 6) is -2.33. The van der Waals surface area contributed by atoms with Crippen LogP contribution < -0.4 is 49.2 Å². The number of quaternary nitrogens is 1. The smallest absolute Gasteiger partial charge is 0.411 e. The molecule has 0 spiro atoms. The Morgan fingerprint density at radius 2 is 0.835 bits per heavy atom. The fourth-order valence-corrected chi connectivity index (χ4v) is 12.4. The van der Waals surface area contributed by atoms with Gasteiger partial charge in [-0.3, -0.25) is 43.4 Å². The zero-order valence-electron chi connectivity index (χ0n) is 61.7. The third kappa shape index (κ3) is 29.9. The Kier molecular flexibility index (Phi) is 35.2. The van der Waals surface area contributed by atoms with Crippen molar-refractivity contribution in [2.45, 2.75) is 141 Å². The number of ether oxygens (including phenoxy) is 4. The van der Waals surface area contributed by atoms with Gasteiger partial charge in [0.2, 0.25) is 17.7 Å². The van der Waals surface area contributed by atoms with E-state index in [-0.39, 0.29) is 79.9 Å². The van der Waals surface area contributed by atoms with E-state index in [1.54, 1.807) is 145 Å². The molecule has 12 rings (SSSR count). The molecule has 9 N–H and O–H groups in total. The standard InChI is InChI=1S/C23H24ClN3O4.C16H21ClN2O3.C12H13NO4.C11H13ClN2O.C10H17NO4.C6H6ClN.ClH/c24-17-5-7-18(8-6-17)25-23(30)20-2-1-11-27(20)21(28)14-16-3-9-19(10-4-16)26-12-13-31-15-22(26)29;1-16(2,3)22-15(21)19-10-4-5-13(19)14(20)18-12-8-6-11(17)7-9-12;14-11-8-17-6-5-13(11)10-3-1-9(2-4-10)7-12(15)16;12-8-3-5-9(6-4-8)14-11(15)10-2-1-7-13-10;1-10(2,3)15-9(14)11-6-4-5-7(11)8(12)13;7-5-1-3-6(8)4-2-5;/h3-10,20H,1-2,11-15H2,(H,25,30);6-9,13H,4-5,10H2,1-3H3,(H,18,20);1-4H,5-8H2,(H,15,16);3-6,10,13H,1-2,7H2,(H,14,15);7H,4-6H2,1-3H3,(H,12,13);1-4H,8H2;1H/t20-;13-;;10-;7-;;/m11.11../s1. The lowest BCUT2D eigenvalue weighted by molar-refractivity contribution is -0.656. The molecule has 31 heteroatoms. The molecule has 6 aliphatic rings. The summed E-state index contributed by atoms with van der Waals surface area (Å²) in [5.41, 5.74) is 10.2. The number of nitrogen functional groups attached to an aromatic ring is 1. The monoisotopic (exact) mass is 1600 g/mol. The van der Waals surface area contributed by atoms with Crippen LogP contribution in [0.25, 0.3) is 0 Å². The molecular formula is C78H95Cl5N10O16. The number of morpholine rings is 2. The molecule has 4 atom stereocenters. The number of amides is 8. The summed E-state index contributed by atoms with van der Waals surface area (Å²) in [5, 5.41) is 30.8. The number of likely N-dealkylation sites (tertiary alicyclic amines) is 3. The second-order valence-electron chi connectivity index (χ2n) is 27.8. The molecule has 6 heterocycles. The van der Waals surface area contributed by atoms with E-state index in [1.165, 1.54) is 9.80 Å². The van der Waals surface area contributed by atoms with Crippen molar-refractivity contribution < 1.29 is 94.8 Å². The van der Waals surface area contributed by atoms with Gasteiger partial charge in [-0.15, -0.1) is 0 Å². The fourth-order valence-electron chi connectivity index (χ4n) is 11.9. The highest BCUT2D eigenvalue weighted by atomic mass is 35.5. The summed E-state index contributed by atoms with van der Waals surface area (Å²) in [6.07, 6.45) is 5.42. The van der Waals surface area contributed by atoms with E-state index in [9.17, 15) is 47.9 Å². The van der Waals surface area contributed by atoms with E-state index < -0.39 is 53.5 Å². The molecule has 588 valence electrons. The number of nitrogens with one attached hydrogen (secondary N) is 3. The van der Waals surface area contributed by atoms with Crippen molar-refractivity contribution in [2.75, 3.05) is 97.2 Å². The molecule has 0 aromatic heterocycles. The molecule has 0 aliphatic carbocycles. The van der Waals surface area contributed by atoms with Crippen LogP contribution in [0.15, 0.2) is 146 Å². The highest BCUT2D eigenvalue weighted by molar-refractivity contribution is 6.31. The summed E-state index contributed by atoms with van der Waals surface area (Å²) in [6, 6.07) is 40.8. The zero-order valence-corrected chi connectivity index (χ0v) is 65.5. The topological polar surface area (TPSA) is 343 Å². The SMILES string of the molecule is CC(C)(C)OC(=O)N1CCC[C@@H]1C(=O)Nc1ccc(Cl)cc1.CC(C)(C)OC(=O)N1CCC[C@@H]1C(=O)O.Nc1ccc(Cl)cc1.O=C(Nc1ccc(Cl)cc1)[C@H]1CCCN1C(=O)Cc1ccc(N2CCOCC2=O)cc1.O=C(Nc1ccc(Cl)cc1)[C@H]1CCC[NH2+]1.O=C(O)Cc1ccc(N2CCOCC2=O)cc1.[Cl-]. The maximum atomic E-state index is 12.9. The average molecular weight is 1610 g/mol. The number of hydrogen-bond acceptors (Lipinski definition) is 15. The van der Waals surface area contributed by atoms with Crippen LogP contribution in [-0.2, 0) is 70.1 Å². The Morgan fingerprint density at radius 1 is 0.477 bits per heavy atom. The van der Waals surface area contributed by atoms with Crippen LogP contribution in [0, 0.1) is 0 Å². The van der Waals surface area contributed by atoms with Gasteiger partial charge in [-0.05, 0) is 213 Å². The predicted octanol–water partition coefficient (Wildman–Crippen LogP) is 8.63. The van der Waals surface area contributed by atoms with E-state index in [2.05, 4.69) is 21.3 Å². The number of carboxylic acids is 2. The van der Waals surface area contributed by atoms with Crippen LogP contribution >= 0.6 is 46.4 Å². The molecule has 6 aromatic rings. The lowest BCUT2D eigenvalue weighted by Gasteiger charge is -2.28. The van der Waals surface area contributed by atoms with Crippen LogP contribution in [0.5, 0.6) is 0 Å². The van der Waals surface area contributed by atoms with E-state index in [1.807, 2.05) is 57.2 Å². The first-order valence-electron chi connectivity index (χ1n) is 35.5. The van der Waals surface area contributed by atoms with Crippen molar-refractivity contribution in [2.24, 2.45) is 0 Å². The number of carbonyl (C=O) groups is 10. The van der Waals surface area contributed by atoms with Gasteiger partial charge in [-0.2, -0.15) is 0 Å². The number of halogens is 5. The minimum atomic E-state index is -0.960. The van der Waals surface area contributed by atoms with E-state index in [0.29, 0.717) is 91.6 Å². The molecule has 6 aliphatic heterocycles. The van der Waals surface area contributed by atoms with Crippen molar-refractivity contribution in [3.05, 3.63) is 177 Å². The molecule has 0 radical (unpaired) electrons. The maximum Gasteiger partial charge on any atom is 0.411 e. The number of nitrogens with two attached hydrogens (primary N) is 2. The zero-order chi connectivity index (χ0) is 78.7. The normalized spacial score (nSPS) is 17.9. The van der Waals surface area contributed by atoms with Gasteiger partial charge in [0.1, 0.15) is 42.5 Å². The van der Waals surface area contributed by atoms with Crippen molar-refractivity contribution in [3.8, 4) is 0 Å². The summed E-state index contributed by atoms with van der Waals surface area (Å²) in [6.45, 7) is 15.6. The molecule has 109 heavy (non-hydrogen) atoms. The number of rotatable bonds is 13. The number of benzene rings is 6. The Morgan fingerprint density at radius 3 is 1.19 bits per heavy atom. The predicted molar refractivity (Wildman–Crippen MR) is 414 cm³/mol. The van der Waals surface area contributed by atoms with E-state index in [4.69, 9.17) is 81.3 Å². The van der Waals surface area contributed by atoms with Crippen LogP contribution in [0.2, 0.25) is 20.1 Å².